The van der Waals surface area contributed by atoms with Crippen LogP contribution in [0.5, 0.6) is 0 Å². The zero-order chi connectivity index (χ0) is 28.3. The summed E-state index contributed by atoms with van der Waals surface area (Å²) in [6, 6.07) is 19.1. The highest BCUT2D eigenvalue weighted by atomic mass is 19.1. The molecule has 4 aromatic heterocycles. The van der Waals surface area contributed by atoms with E-state index in [1.165, 1.54) is 12.1 Å². The third-order valence-electron chi connectivity index (χ3n) is 7.08. The van der Waals surface area contributed by atoms with Gasteiger partial charge < -0.3 is 9.40 Å². The number of tetrazole rings is 1. The molecule has 1 N–H and O–H groups in total. The number of H-pyrrole nitrogens is 1. The molecular weight excluding hydrogens is 521 g/mol. The SMILES string of the molecule is Cc1cc(C)c2[nH]c(=O)c([C@@H](c3nnnn3Cc3ccc(F)cc3)N(Cc3cccnc3)Cc3ccco3)cc2c1. The van der Waals surface area contributed by atoms with Crippen molar-refractivity contribution in [1.82, 2.24) is 35.1 Å². The lowest BCUT2D eigenvalue weighted by Gasteiger charge is -2.30. The first kappa shape index (κ1) is 26.3. The number of fused-ring (bicyclic) bond motifs is 1. The number of benzene rings is 2. The Morgan fingerprint density at radius 2 is 1.88 bits per heavy atom. The first-order chi connectivity index (χ1) is 19.9. The third kappa shape index (κ3) is 5.68. The molecule has 0 bridgehead atoms. The van der Waals surface area contributed by atoms with Crippen LogP contribution in [0, 0.1) is 19.7 Å². The summed E-state index contributed by atoms with van der Waals surface area (Å²) < 4.78 is 21.0. The fourth-order valence-electron chi connectivity index (χ4n) is 5.26. The third-order valence-corrected chi connectivity index (χ3v) is 7.08. The molecule has 1 atom stereocenters. The van der Waals surface area contributed by atoms with E-state index in [-0.39, 0.29) is 11.4 Å². The average Bonchev–Trinajstić information content (AvgIpc) is 3.64. The first-order valence-corrected chi connectivity index (χ1v) is 13.2. The van der Waals surface area contributed by atoms with Gasteiger partial charge in [0.05, 0.1) is 24.9 Å². The summed E-state index contributed by atoms with van der Waals surface area (Å²) in [6.45, 7) is 5.12. The minimum atomic E-state index is -0.662. The van der Waals surface area contributed by atoms with E-state index in [0.717, 1.165) is 38.9 Å². The van der Waals surface area contributed by atoms with Crippen molar-refractivity contribution in [2.24, 2.45) is 0 Å². The van der Waals surface area contributed by atoms with Crippen LogP contribution in [-0.4, -0.2) is 35.1 Å². The van der Waals surface area contributed by atoms with Crippen LogP contribution >= 0.6 is 0 Å². The lowest BCUT2D eigenvalue weighted by atomic mass is 10.00. The number of halogens is 1. The van der Waals surface area contributed by atoms with E-state index >= 15 is 0 Å². The molecule has 0 spiro atoms. The molecule has 0 aliphatic heterocycles. The topological polar surface area (TPSA) is 106 Å². The number of hydrogen-bond acceptors (Lipinski definition) is 7. The van der Waals surface area contributed by atoms with Crippen molar-refractivity contribution in [2.75, 3.05) is 0 Å². The van der Waals surface area contributed by atoms with Crippen LogP contribution in [-0.2, 0) is 19.6 Å². The van der Waals surface area contributed by atoms with Gasteiger partial charge in [0.15, 0.2) is 5.82 Å². The molecule has 10 heteroatoms. The number of hydrogen-bond donors (Lipinski definition) is 1. The number of aromatic amines is 1. The smallest absolute Gasteiger partial charge is 0.253 e. The average molecular weight is 550 g/mol. The Balaban J connectivity index is 1.53. The quantitative estimate of drug-likeness (QED) is 0.268. The fraction of sp³-hybridized carbons (Fsp3) is 0.194. The van der Waals surface area contributed by atoms with Crippen LogP contribution < -0.4 is 5.56 Å². The zero-order valence-electron chi connectivity index (χ0n) is 22.7. The highest BCUT2D eigenvalue weighted by Gasteiger charge is 2.31. The van der Waals surface area contributed by atoms with Gasteiger partial charge in [-0.2, -0.15) is 0 Å². The van der Waals surface area contributed by atoms with E-state index in [9.17, 15) is 9.18 Å². The molecule has 2 aromatic carbocycles. The van der Waals surface area contributed by atoms with Crippen molar-refractivity contribution in [3.05, 3.63) is 141 Å². The predicted octanol–water partition coefficient (Wildman–Crippen LogP) is 5.10. The van der Waals surface area contributed by atoms with Gasteiger partial charge in [-0.1, -0.05) is 29.8 Å². The van der Waals surface area contributed by atoms with E-state index in [0.29, 0.717) is 31.0 Å². The Bertz CT molecular complexity index is 1830. The molecule has 0 aliphatic carbocycles. The molecule has 0 fully saturated rings. The molecule has 0 radical (unpaired) electrons. The molecule has 0 saturated heterocycles. The van der Waals surface area contributed by atoms with Crippen LogP contribution in [0.25, 0.3) is 10.9 Å². The van der Waals surface area contributed by atoms with Crippen LogP contribution in [0.3, 0.4) is 0 Å². The maximum atomic E-state index is 13.8. The fourth-order valence-corrected chi connectivity index (χ4v) is 5.26. The van der Waals surface area contributed by atoms with Gasteiger partial charge in [0.25, 0.3) is 5.56 Å². The Hall–Kier alpha value is -4.96. The highest BCUT2D eigenvalue weighted by Crippen LogP contribution is 2.31. The van der Waals surface area contributed by atoms with E-state index < -0.39 is 6.04 Å². The standard InChI is InChI=1S/C31H28FN7O2/c1-20-13-21(2)28-24(14-20)15-27(31(40)34-28)29(30-35-36-37-39(30)18-22-7-9-25(32)10-8-22)38(19-26-6-4-12-41-26)17-23-5-3-11-33-16-23/h3-16,29H,17-19H2,1-2H3,(H,34,40)/t29-/m0/s1. The number of aryl methyl sites for hydroxylation is 2. The molecule has 6 rings (SSSR count). The molecule has 9 nitrogen and oxygen atoms in total. The number of rotatable bonds is 9. The Kier molecular flexibility index (Phi) is 7.22. The molecular formula is C31H28FN7O2. The van der Waals surface area contributed by atoms with E-state index in [2.05, 4.69) is 36.5 Å². The molecule has 41 heavy (non-hydrogen) atoms. The van der Waals surface area contributed by atoms with Crippen LogP contribution in [0.15, 0.2) is 94.6 Å². The van der Waals surface area contributed by atoms with Crippen LogP contribution in [0.2, 0.25) is 0 Å². The van der Waals surface area contributed by atoms with Gasteiger partial charge >= 0.3 is 0 Å². The van der Waals surface area contributed by atoms with Crippen LogP contribution in [0.4, 0.5) is 4.39 Å². The summed E-state index contributed by atoms with van der Waals surface area (Å²) in [6.07, 6.45) is 5.14. The number of pyridine rings is 2. The van der Waals surface area contributed by atoms with Crippen molar-refractivity contribution in [3.8, 4) is 0 Å². The molecule has 0 amide bonds. The largest absolute Gasteiger partial charge is 0.468 e. The normalized spacial score (nSPS) is 12.3. The Morgan fingerprint density at radius 1 is 1.02 bits per heavy atom. The second-order valence-electron chi connectivity index (χ2n) is 10.2. The highest BCUT2D eigenvalue weighted by molar-refractivity contribution is 5.83. The van der Waals surface area contributed by atoms with Gasteiger partial charge in [-0.05, 0) is 88.8 Å². The Morgan fingerprint density at radius 3 is 2.63 bits per heavy atom. The van der Waals surface area contributed by atoms with E-state index in [4.69, 9.17) is 4.42 Å². The molecule has 0 unspecified atom stereocenters. The van der Waals surface area contributed by atoms with Crippen molar-refractivity contribution in [3.63, 3.8) is 0 Å². The minimum absolute atomic E-state index is 0.235. The van der Waals surface area contributed by atoms with Crippen molar-refractivity contribution >= 4 is 10.9 Å². The maximum absolute atomic E-state index is 13.8. The van der Waals surface area contributed by atoms with Crippen LogP contribution in [0.1, 0.15) is 45.4 Å². The Labute approximate surface area is 235 Å². The monoisotopic (exact) mass is 549 g/mol. The first-order valence-electron chi connectivity index (χ1n) is 13.2. The maximum Gasteiger partial charge on any atom is 0.253 e. The summed E-state index contributed by atoms with van der Waals surface area (Å²) in [4.78, 5) is 23.3. The molecule has 206 valence electrons. The van der Waals surface area contributed by atoms with Gasteiger partial charge in [0.1, 0.15) is 17.6 Å². The van der Waals surface area contributed by atoms with Crippen molar-refractivity contribution in [2.45, 2.75) is 39.5 Å². The lowest BCUT2D eigenvalue weighted by Crippen LogP contribution is -2.35. The summed E-state index contributed by atoms with van der Waals surface area (Å²) in [7, 11) is 0. The minimum Gasteiger partial charge on any atom is -0.468 e. The lowest BCUT2D eigenvalue weighted by molar-refractivity contribution is 0.179. The number of aromatic nitrogens is 6. The van der Waals surface area contributed by atoms with Gasteiger partial charge in [-0.3, -0.25) is 14.7 Å². The van der Waals surface area contributed by atoms with Gasteiger partial charge in [0, 0.05) is 24.5 Å². The molecule has 0 aliphatic rings. The number of nitrogens with zero attached hydrogens (tertiary/aromatic N) is 6. The van der Waals surface area contributed by atoms with E-state index in [1.54, 1.807) is 35.5 Å². The zero-order valence-corrected chi connectivity index (χ0v) is 22.7. The van der Waals surface area contributed by atoms with Gasteiger partial charge in [-0.15, -0.1) is 5.10 Å². The van der Waals surface area contributed by atoms with Gasteiger partial charge in [0.2, 0.25) is 0 Å². The second kappa shape index (κ2) is 11.3. The number of nitrogens with one attached hydrogen (secondary N) is 1. The van der Waals surface area contributed by atoms with Crippen molar-refractivity contribution in [1.29, 1.82) is 0 Å². The second-order valence-corrected chi connectivity index (χ2v) is 10.2. The summed E-state index contributed by atoms with van der Waals surface area (Å²) in [5.74, 6) is 0.872. The molecule has 6 aromatic rings. The molecule has 4 heterocycles. The summed E-state index contributed by atoms with van der Waals surface area (Å²) >= 11 is 0. The number of furan rings is 1. The van der Waals surface area contributed by atoms with Gasteiger partial charge in [-0.25, -0.2) is 9.07 Å². The summed E-state index contributed by atoms with van der Waals surface area (Å²) in [5, 5.41) is 13.6. The van der Waals surface area contributed by atoms with E-state index in [1.807, 2.05) is 50.2 Å². The summed E-state index contributed by atoms with van der Waals surface area (Å²) in [5.41, 5.74) is 4.90. The predicted molar refractivity (Wildman–Crippen MR) is 151 cm³/mol. The van der Waals surface area contributed by atoms with Crippen molar-refractivity contribution < 1.29 is 8.81 Å². The molecule has 0 saturated carbocycles.